The number of hydrogen-bond donors (Lipinski definition) is 1. The molecule has 100 valence electrons. The zero-order valence-corrected chi connectivity index (χ0v) is 13.1. The van der Waals surface area contributed by atoms with E-state index in [4.69, 9.17) is 0 Å². The highest BCUT2D eigenvalue weighted by Gasteiger charge is 2.42. The van der Waals surface area contributed by atoms with Crippen LogP contribution in [0.15, 0.2) is 28.7 Å². The van der Waals surface area contributed by atoms with Gasteiger partial charge in [-0.3, -0.25) is 0 Å². The average Bonchev–Trinajstić information content (AvgIpc) is 2.73. The predicted molar refractivity (Wildman–Crippen MR) is 82.0 cm³/mol. The minimum atomic E-state index is 0.329. The van der Waals surface area contributed by atoms with Gasteiger partial charge in [-0.15, -0.1) is 0 Å². The van der Waals surface area contributed by atoms with Gasteiger partial charge in [0.05, 0.1) is 0 Å². The van der Waals surface area contributed by atoms with Gasteiger partial charge in [-0.05, 0) is 43.4 Å². The van der Waals surface area contributed by atoms with Crippen LogP contribution >= 0.6 is 15.9 Å². The molecule has 1 aromatic rings. The second-order valence-corrected chi connectivity index (χ2v) is 6.46. The highest BCUT2D eigenvalue weighted by atomic mass is 79.9. The van der Waals surface area contributed by atoms with Gasteiger partial charge in [0, 0.05) is 16.4 Å². The van der Waals surface area contributed by atoms with Crippen molar-refractivity contribution in [1.29, 1.82) is 0 Å². The Balaban J connectivity index is 2.28. The Hall–Kier alpha value is -0.340. The maximum atomic E-state index is 3.75. The van der Waals surface area contributed by atoms with Crippen LogP contribution in [0.3, 0.4) is 0 Å². The number of halogens is 1. The van der Waals surface area contributed by atoms with Crippen LogP contribution in [-0.2, 0) is 5.41 Å². The summed E-state index contributed by atoms with van der Waals surface area (Å²) in [6, 6.07) is 8.77. The number of nitrogens with one attached hydrogen (secondary N) is 1. The molecule has 0 aromatic heterocycles. The van der Waals surface area contributed by atoms with Crippen molar-refractivity contribution in [3.63, 3.8) is 0 Å². The lowest BCUT2D eigenvalue weighted by Crippen LogP contribution is -2.40. The summed E-state index contributed by atoms with van der Waals surface area (Å²) in [6.45, 7) is 6.89. The van der Waals surface area contributed by atoms with Crippen LogP contribution in [0.2, 0.25) is 0 Å². The van der Waals surface area contributed by atoms with E-state index < -0.39 is 0 Å². The van der Waals surface area contributed by atoms with Gasteiger partial charge >= 0.3 is 0 Å². The van der Waals surface area contributed by atoms with E-state index in [2.05, 4.69) is 59.4 Å². The molecular formula is C16H24BrN. The molecule has 0 saturated heterocycles. The zero-order chi connectivity index (χ0) is 13.0. The summed E-state index contributed by atoms with van der Waals surface area (Å²) >= 11 is 3.75. The van der Waals surface area contributed by atoms with Crippen molar-refractivity contribution in [2.24, 2.45) is 5.92 Å². The maximum Gasteiger partial charge on any atom is 0.0213 e. The minimum Gasteiger partial charge on any atom is -0.316 e. The molecule has 0 bridgehead atoms. The fourth-order valence-corrected chi connectivity index (χ4v) is 4.04. The normalized spacial score (nSPS) is 27.6. The van der Waals surface area contributed by atoms with Crippen LogP contribution in [-0.4, -0.2) is 13.1 Å². The van der Waals surface area contributed by atoms with Crippen molar-refractivity contribution in [2.75, 3.05) is 13.1 Å². The van der Waals surface area contributed by atoms with Crippen molar-refractivity contribution < 1.29 is 0 Å². The van der Waals surface area contributed by atoms with Gasteiger partial charge in [-0.1, -0.05) is 54.4 Å². The molecule has 1 N–H and O–H groups in total. The molecule has 1 aliphatic rings. The summed E-state index contributed by atoms with van der Waals surface area (Å²) in [7, 11) is 0. The van der Waals surface area contributed by atoms with Crippen molar-refractivity contribution in [1.82, 2.24) is 5.32 Å². The molecule has 1 nitrogen and oxygen atoms in total. The smallest absolute Gasteiger partial charge is 0.0213 e. The van der Waals surface area contributed by atoms with Gasteiger partial charge in [-0.25, -0.2) is 0 Å². The van der Waals surface area contributed by atoms with Gasteiger partial charge in [0.25, 0.3) is 0 Å². The first-order chi connectivity index (χ1) is 8.70. The molecular weight excluding hydrogens is 286 g/mol. The molecule has 0 aliphatic heterocycles. The quantitative estimate of drug-likeness (QED) is 0.789. The Labute approximate surface area is 119 Å². The van der Waals surface area contributed by atoms with E-state index in [0.717, 1.165) is 19.0 Å². The van der Waals surface area contributed by atoms with Crippen molar-refractivity contribution in [3.8, 4) is 0 Å². The first-order valence-corrected chi connectivity index (χ1v) is 7.95. The number of rotatable bonds is 5. The van der Waals surface area contributed by atoms with Crippen molar-refractivity contribution in [3.05, 3.63) is 34.3 Å². The minimum absolute atomic E-state index is 0.329. The Bertz CT molecular complexity index is 390. The Morgan fingerprint density at radius 2 is 2.17 bits per heavy atom. The second kappa shape index (κ2) is 6.21. The summed E-state index contributed by atoms with van der Waals surface area (Å²) in [5.74, 6) is 0.764. The van der Waals surface area contributed by atoms with E-state index in [1.54, 1.807) is 0 Å². The maximum absolute atomic E-state index is 3.75. The molecule has 0 amide bonds. The monoisotopic (exact) mass is 309 g/mol. The van der Waals surface area contributed by atoms with Gasteiger partial charge in [-0.2, -0.15) is 0 Å². The molecule has 2 atom stereocenters. The molecule has 2 heteroatoms. The largest absolute Gasteiger partial charge is 0.316 e. The third kappa shape index (κ3) is 2.65. The van der Waals surface area contributed by atoms with Gasteiger partial charge in [0.1, 0.15) is 0 Å². The molecule has 0 radical (unpaired) electrons. The highest BCUT2D eigenvalue weighted by molar-refractivity contribution is 9.10. The van der Waals surface area contributed by atoms with E-state index in [1.807, 2.05) is 0 Å². The lowest BCUT2D eigenvalue weighted by atomic mass is 9.73. The molecule has 18 heavy (non-hydrogen) atoms. The third-order valence-electron chi connectivity index (χ3n) is 4.48. The molecule has 0 spiro atoms. The van der Waals surface area contributed by atoms with Gasteiger partial charge in [0.15, 0.2) is 0 Å². The summed E-state index contributed by atoms with van der Waals surface area (Å²) in [5.41, 5.74) is 1.83. The Morgan fingerprint density at radius 1 is 1.39 bits per heavy atom. The molecule has 1 aromatic carbocycles. The van der Waals surface area contributed by atoms with Gasteiger partial charge in [0.2, 0.25) is 0 Å². The van der Waals surface area contributed by atoms with Crippen molar-refractivity contribution in [2.45, 2.75) is 44.9 Å². The first-order valence-electron chi connectivity index (χ1n) is 7.16. The average molecular weight is 310 g/mol. The van der Waals surface area contributed by atoms with Crippen LogP contribution < -0.4 is 5.32 Å². The summed E-state index contributed by atoms with van der Waals surface area (Å²) in [4.78, 5) is 0. The van der Waals surface area contributed by atoms with Crippen LogP contribution in [0.4, 0.5) is 0 Å². The fraction of sp³-hybridized carbons (Fsp3) is 0.625. The van der Waals surface area contributed by atoms with E-state index in [0.29, 0.717) is 5.41 Å². The summed E-state index contributed by atoms with van der Waals surface area (Å²) in [5, 5.41) is 3.65. The Morgan fingerprint density at radius 3 is 2.78 bits per heavy atom. The molecule has 0 heterocycles. The third-order valence-corrected chi connectivity index (χ3v) is 5.17. The zero-order valence-electron chi connectivity index (χ0n) is 11.5. The van der Waals surface area contributed by atoms with Crippen LogP contribution in [0.1, 0.15) is 45.1 Å². The Kier molecular flexibility index (Phi) is 4.85. The topological polar surface area (TPSA) is 12.0 Å². The fourth-order valence-electron chi connectivity index (χ4n) is 3.36. The standard InChI is InChI=1S/C16H24BrN/c1-3-11-18-12-16(10-6-7-13(16)2)14-8-4-5-9-15(14)17/h4-5,8-9,13,18H,3,6-7,10-12H2,1-2H3. The van der Waals surface area contributed by atoms with E-state index >= 15 is 0 Å². The van der Waals surface area contributed by atoms with Gasteiger partial charge < -0.3 is 5.32 Å². The second-order valence-electron chi connectivity index (χ2n) is 5.61. The lowest BCUT2D eigenvalue weighted by molar-refractivity contribution is 0.317. The number of benzene rings is 1. The number of hydrogen-bond acceptors (Lipinski definition) is 1. The van der Waals surface area contributed by atoms with Crippen LogP contribution in [0, 0.1) is 5.92 Å². The molecule has 1 saturated carbocycles. The summed E-state index contributed by atoms with van der Waals surface area (Å²) in [6.07, 6.45) is 5.24. The van der Waals surface area contributed by atoms with Crippen LogP contribution in [0.25, 0.3) is 0 Å². The van der Waals surface area contributed by atoms with E-state index in [-0.39, 0.29) is 0 Å². The van der Waals surface area contributed by atoms with Crippen molar-refractivity contribution >= 4 is 15.9 Å². The van der Waals surface area contributed by atoms with E-state index in [1.165, 1.54) is 35.7 Å². The summed E-state index contributed by atoms with van der Waals surface area (Å²) < 4.78 is 1.28. The predicted octanol–water partition coefficient (Wildman–Crippen LogP) is 4.51. The first kappa shape index (κ1) is 14.1. The molecule has 1 fully saturated rings. The van der Waals surface area contributed by atoms with Crippen LogP contribution in [0.5, 0.6) is 0 Å². The molecule has 1 aliphatic carbocycles. The SMILES string of the molecule is CCCNCC1(c2ccccc2Br)CCCC1C. The van der Waals surface area contributed by atoms with E-state index in [9.17, 15) is 0 Å². The molecule has 2 rings (SSSR count). The lowest BCUT2D eigenvalue weighted by Gasteiger charge is -2.36. The molecule has 2 unspecified atom stereocenters. The highest BCUT2D eigenvalue weighted by Crippen LogP contribution is 2.47.